The van der Waals surface area contributed by atoms with Gasteiger partial charge in [-0.2, -0.15) is 0 Å². The van der Waals surface area contributed by atoms with E-state index in [1.165, 1.54) is 0 Å². The fourth-order valence-corrected chi connectivity index (χ4v) is 2.24. The summed E-state index contributed by atoms with van der Waals surface area (Å²) in [6.07, 6.45) is 0. The van der Waals surface area contributed by atoms with Gasteiger partial charge in [0.15, 0.2) is 5.75 Å². The molecule has 0 aliphatic heterocycles. The van der Waals surface area contributed by atoms with E-state index in [0.717, 1.165) is 15.2 Å². The van der Waals surface area contributed by atoms with Gasteiger partial charge in [0.25, 0.3) is 0 Å². The lowest BCUT2D eigenvalue weighted by molar-refractivity contribution is 0.276. The predicted octanol–water partition coefficient (Wildman–Crippen LogP) is 3.35. The Morgan fingerprint density at radius 2 is 2.29 bits per heavy atom. The fraction of sp³-hybridized carbons (Fsp3) is 0.333. The van der Waals surface area contributed by atoms with E-state index < -0.39 is 0 Å². The molecule has 2 aromatic rings. The summed E-state index contributed by atoms with van der Waals surface area (Å²) in [5, 5.41) is 4.92. The van der Waals surface area contributed by atoms with Crippen molar-refractivity contribution in [3.63, 3.8) is 0 Å². The molecule has 4 nitrogen and oxygen atoms in total. The molecule has 0 bridgehead atoms. The second-order valence-corrected chi connectivity index (χ2v) is 4.73. The molecule has 0 atom stereocenters. The first-order valence-electron chi connectivity index (χ1n) is 5.40. The molecule has 0 aliphatic rings. The standard InChI is InChI=1S/C12H14N2O2S/c1-4-15-8(2)14-16-10-5-6-12-11(7-10)13-9(3)17-12/h5-7H,4H2,1-3H3/b14-8+. The number of thiazole rings is 1. The number of aromatic nitrogens is 1. The highest BCUT2D eigenvalue weighted by Crippen LogP contribution is 2.25. The van der Waals surface area contributed by atoms with Crippen molar-refractivity contribution in [3.05, 3.63) is 23.2 Å². The second-order valence-electron chi connectivity index (χ2n) is 3.50. The van der Waals surface area contributed by atoms with E-state index in [0.29, 0.717) is 18.3 Å². The van der Waals surface area contributed by atoms with Gasteiger partial charge in [0.1, 0.15) is 0 Å². The van der Waals surface area contributed by atoms with Crippen molar-refractivity contribution < 1.29 is 9.57 Å². The maximum Gasteiger partial charge on any atom is 0.223 e. The van der Waals surface area contributed by atoms with Crippen molar-refractivity contribution in [3.8, 4) is 5.75 Å². The third-order valence-corrected chi connectivity index (χ3v) is 3.05. The molecule has 17 heavy (non-hydrogen) atoms. The van der Waals surface area contributed by atoms with Crippen LogP contribution < -0.4 is 4.84 Å². The van der Waals surface area contributed by atoms with Crippen molar-refractivity contribution >= 4 is 27.5 Å². The Morgan fingerprint density at radius 3 is 3.06 bits per heavy atom. The lowest BCUT2D eigenvalue weighted by Crippen LogP contribution is -2.00. The summed E-state index contributed by atoms with van der Waals surface area (Å²) in [7, 11) is 0. The predicted molar refractivity (Wildman–Crippen MR) is 69.7 cm³/mol. The highest BCUT2D eigenvalue weighted by molar-refractivity contribution is 7.18. The van der Waals surface area contributed by atoms with Crippen LogP contribution in [0.5, 0.6) is 5.75 Å². The number of ether oxygens (including phenoxy) is 1. The maximum absolute atomic E-state index is 5.27. The van der Waals surface area contributed by atoms with Crippen LogP contribution in [0.4, 0.5) is 0 Å². The van der Waals surface area contributed by atoms with E-state index in [1.54, 1.807) is 18.3 Å². The van der Waals surface area contributed by atoms with E-state index in [1.807, 2.05) is 32.0 Å². The molecule has 0 aliphatic carbocycles. The van der Waals surface area contributed by atoms with E-state index in [9.17, 15) is 0 Å². The van der Waals surface area contributed by atoms with Crippen LogP contribution in [0.15, 0.2) is 23.4 Å². The number of fused-ring (bicyclic) bond motifs is 1. The topological polar surface area (TPSA) is 43.7 Å². The molecular weight excluding hydrogens is 236 g/mol. The van der Waals surface area contributed by atoms with Crippen LogP contribution in [0, 0.1) is 6.92 Å². The Hall–Kier alpha value is -1.62. The lowest BCUT2D eigenvalue weighted by Gasteiger charge is -2.01. The van der Waals surface area contributed by atoms with Gasteiger partial charge < -0.3 is 9.57 Å². The van der Waals surface area contributed by atoms with Crippen LogP contribution in [0.3, 0.4) is 0 Å². The molecule has 2 rings (SSSR count). The normalized spacial score (nSPS) is 11.8. The highest BCUT2D eigenvalue weighted by Gasteiger charge is 2.02. The Labute approximate surface area is 104 Å². The van der Waals surface area contributed by atoms with E-state index in [2.05, 4.69) is 10.1 Å². The number of oxime groups is 1. The zero-order valence-corrected chi connectivity index (χ0v) is 10.9. The Balaban J connectivity index is 2.16. The van der Waals surface area contributed by atoms with Gasteiger partial charge in [-0.15, -0.1) is 11.3 Å². The summed E-state index contributed by atoms with van der Waals surface area (Å²) in [5.41, 5.74) is 0.939. The Bertz CT molecular complexity index is 548. The van der Waals surface area contributed by atoms with Crippen LogP contribution in [0.1, 0.15) is 18.9 Å². The average Bonchev–Trinajstić information content (AvgIpc) is 2.66. The summed E-state index contributed by atoms with van der Waals surface area (Å²) in [6.45, 7) is 6.24. The number of aryl methyl sites for hydroxylation is 1. The third kappa shape index (κ3) is 2.94. The van der Waals surface area contributed by atoms with Gasteiger partial charge in [0.05, 0.1) is 21.8 Å². The summed E-state index contributed by atoms with van der Waals surface area (Å²) in [4.78, 5) is 9.66. The summed E-state index contributed by atoms with van der Waals surface area (Å²) < 4.78 is 6.32. The van der Waals surface area contributed by atoms with Gasteiger partial charge in [0.2, 0.25) is 5.90 Å². The van der Waals surface area contributed by atoms with Crippen molar-refractivity contribution in [1.29, 1.82) is 0 Å². The molecule has 5 heteroatoms. The summed E-state index contributed by atoms with van der Waals surface area (Å²) in [5.74, 6) is 1.18. The zero-order chi connectivity index (χ0) is 12.3. The zero-order valence-electron chi connectivity index (χ0n) is 10.1. The Morgan fingerprint density at radius 1 is 1.47 bits per heavy atom. The van der Waals surface area contributed by atoms with Crippen molar-refractivity contribution in [2.24, 2.45) is 5.16 Å². The lowest BCUT2D eigenvalue weighted by atomic mass is 10.3. The SMILES string of the molecule is CCO/C(C)=N/Oc1ccc2sc(C)nc2c1. The maximum atomic E-state index is 5.27. The van der Waals surface area contributed by atoms with Gasteiger partial charge in [-0.05, 0) is 31.1 Å². The first-order valence-corrected chi connectivity index (χ1v) is 6.22. The largest absolute Gasteiger partial charge is 0.479 e. The Kier molecular flexibility index (Phi) is 3.58. The first kappa shape index (κ1) is 11.9. The van der Waals surface area contributed by atoms with Gasteiger partial charge in [-0.25, -0.2) is 4.98 Å². The molecule has 1 aromatic heterocycles. The smallest absolute Gasteiger partial charge is 0.223 e. The molecule has 0 saturated carbocycles. The van der Waals surface area contributed by atoms with Gasteiger partial charge in [-0.3, -0.25) is 0 Å². The molecule has 1 heterocycles. The molecule has 90 valence electrons. The highest BCUT2D eigenvalue weighted by atomic mass is 32.1. The monoisotopic (exact) mass is 250 g/mol. The van der Waals surface area contributed by atoms with Crippen LogP contribution >= 0.6 is 11.3 Å². The first-order chi connectivity index (χ1) is 8.19. The third-order valence-electron chi connectivity index (χ3n) is 2.10. The van der Waals surface area contributed by atoms with Crippen molar-refractivity contribution in [2.75, 3.05) is 6.61 Å². The van der Waals surface area contributed by atoms with Gasteiger partial charge in [-0.1, -0.05) is 0 Å². The number of benzene rings is 1. The molecule has 0 N–H and O–H groups in total. The second kappa shape index (κ2) is 5.14. The molecule has 0 saturated heterocycles. The average molecular weight is 250 g/mol. The van der Waals surface area contributed by atoms with Crippen molar-refractivity contribution in [1.82, 2.24) is 4.98 Å². The van der Waals surface area contributed by atoms with Gasteiger partial charge in [0, 0.05) is 13.0 Å². The number of nitrogens with zero attached hydrogens (tertiary/aromatic N) is 2. The van der Waals surface area contributed by atoms with Crippen LogP contribution in [-0.4, -0.2) is 17.5 Å². The van der Waals surface area contributed by atoms with Crippen molar-refractivity contribution in [2.45, 2.75) is 20.8 Å². The summed E-state index contributed by atoms with van der Waals surface area (Å²) in [6, 6.07) is 5.74. The van der Waals surface area contributed by atoms with E-state index >= 15 is 0 Å². The molecule has 0 fully saturated rings. The van der Waals surface area contributed by atoms with Crippen LogP contribution in [0.25, 0.3) is 10.2 Å². The molecule has 0 radical (unpaired) electrons. The van der Waals surface area contributed by atoms with Crippen LogP contribution in [0.2, 0.25) is 0 Å². The minimum atomic E-state index is 0.516. The minimum Gasteiger partial charge on any atom is -0.479 e. The molecule has 0 amide bonds. The quantitative estimate of drug-likeness (QED) is 0.476. The number of hydrogen-bond donors (Lipinski definition) is 0. The minimum absolute atomic E-state index is 0.516. The molecule has 0 spiro atoms. The van der Waals surface area contributed by atoms with E-state index in [4.69, 9.17) is 9.57 Å². The molecular formula is C12H14N2O2S. The fourth-order valence-electron chi connectivity index (χ4n) is 1.43. The summed E-state index contributed by atoms with van der Waals surface area (Å²) >= 11 is 1.67. The van der Waals surface area contributed by atoms with Crippen LogP contribution in [-0.2, 0) is 4.74 Å². The molecule has 0 unspecified atom stereocenters. The van der Waals surface area contributed by atoms with Gasteiger partial charge >= 0.3 is 0 Å². The van der Waals surface area contributed by atoms with E-state index in [-0.39, 0.29) is 0 Å². The molecule has 1 aromatic carbocycles. The number of rotatable bonds is 3. The number of hydrogen-bond acceptors (Lipinski definition) is 5.